The van der Waals surface area contributed by atoms with Crippen LogP contribution in [0.1, 0.15) is 31.8 Å². The first-order valence-corrected chi connectivity index (χ1v) is 18.7. The molecule has 0 saturated carbocycles. The highest BCUT2D eigenvalue weighted by atomic mass is 32.2. The Morgan fingerprint density at radius 2 is 0.654 bits per heavy atom. The Bertz CT molecular complexity index is 2070. The summed E-state index contributed by atoms with van der Waals surface area (Å²) in [6, 6.07) is 59.6. The average molecular weight is 713 g/mol. The summed E-state index contributed by atoms with van der Waals surface area (Å²) in [5, 5.41) is -0.261. The van der Waals surface area contributed by atoms with E-state index < -0.39 is 0 Å². The molecule has 0 heterocycles. The maximum atomic E-state index is 14.8. The van der Waals surface area contributed by atoms with Crippen LogP contribution in [0.3, 0.4) is 0 Å². The van der Waals surface area contributed by atoms with Gasteiger partial charge in [-0.1, -0.05) is 109 Å². The Balaban J connectivity index is 1.53. The van der Waals surface area contributed by atoms with E-state index in [0.29, 0.717) is 22.5 Å². The molecule has 6 heteroatoms. The summed E-state index contributed by atoms with van der Waals surface area (Å²) >= 11 is 2.40. The molecule has 7 aromatic carbocycles. The fourth-order valence-corrected chi connectivity index (χ4v) is 7.79. The first-order valence-electron chi connectivity index (χ1n) is 17.0. The second-order valence-corrected chi connectivity index (χ2v) is 14.2. The Hall–Kier alpha value is -5.82. The number of para-hydroxylation sites is 4. The summed E-state index contributed by atoms with van der Waals surface area (Å²) in [5.41, 5.74) is 7.67. The quantitative estimate of drug-likeness (QED) is 0.132. The molecular formula is C46H36N2O2S2. The van der Waals surface area contributed by atoms with Crippen molar-refractivity contribution in [1.29, 1.82) is 0 Å². The minimum absolute atomic E-state index is 0.131. The normalized spacial score (nSPS) is 10.8. The van der Waals surface area contributed by atoms with Crippen LogP contribution in [0.2, 0.25) is 0 Å². The van der Waals surface area contributed by atoms with E-state index in [1.807, 2.05) is 196 Å². The molecule has 0 bridgehead atoms. The van der Waals surface area contributed by atoms with Crippen molar-refractivity contribution in [1.82, 2.24) is 0 Å². The molecule has 7 rings (SSSR count). The summed E-state index contributed by atoms with van der Waals surface area (Å²) in [4.78, 5) is 35.6. The molecule has 0 aliphatic carbocycles. The van der Waals surface area contributed by atoms with Gasteiger partial charge in [0.15, 0.2) is 0 Å². The summed E-state index contributed by atoms with van der Waals surface area (Å²) < 4.78 is 0. The van der Waals surface area contributed by atoms with Crippen molar-refractivity contribution in [3.63, 3.8) is 0 Å². The Morgan fingerprint density at radius 3 is 0.942 bits per heavy atom. The SMILES string of the molecule is Cc1ccccc1SC(=O)c1cc(N(c2ccccc2)c2ccccc2)c(C(=O)Sc2ccccc2C)cc1N(c1ccccc1)c1ccccc1. The first-order chi connectivity index (χ1) is 25.5. The van der Waals surface area contributed by atoms with Crippen molar-refractivity contribution in [3.05, 3.63) is 204 Å². The van der Waals surface area contributed by atoms with Crippen LogP contribution in [0.15, 0.2) is 192 Å². The second-order valence-electron chi connectivity index (χ2n) is 12.2. The van der Waals surface area contributed by atoms with Crippen molar-refractivity contribution in [3.8, 4) is 0 Å². The van der Waals surface area contributed by atoms with E-state index in [0.717, 1.165) is 43.7 Å². The van der Waals surface area contributed by atoms with E-state index in [1.54, 1.807) is 0 Å². The monoisotopic (exact) mass is 712 g/mol. The predicted octanol–water partition coefficient (Wildman–Crippen LogP) is 13.1. The Morgan fingerprint density at radius 1 is 0.385 bits per heavy atom. The third kappa shape index (κ3) is 7.59. The van der Waals surface area contributed by atoms with E-state index >= 15 is 0 Å². The number of carbonyl (C=O) groups excluding carboxylic acids is 2. The van der Waals surface area contributed by atoms with E-state index in [4.69, 9.17) is 0 Å². The zero-order valence-corrected chi connectivity index (χ0v) is 30.5. The number of benzene rings is 7. The molecule has 0 aliphatic heterocycles. The minimum atomic E-state index is -0.131. The summed E-state index contributed by atoms with van der Waals surface area (Å²) in [5.74, 6) is 0. The van der Waals surface area contributed by atoms with Crippen molar-refractivity contribution < 1.29 is 9.59 Å². The molecule has 52 heavy (non-hydrogen) atoms. The number of hydrogen-bond acceptors (Lipinski definition) is 6. The van der Waals surface area contributed by atoms with Gasteiger partial charge < -0.3 is 9.80 Å². The molecule has 0 atom stereocenters. The second kappa shape index (κ2) is 16.0. The van der Waals surface area contributed by atoms with Gasteiger partial charge in [0.2, 0.25) is 10.2 Å². The van der Waals surface area contributed by atoms with Gasteiger partial charge in [0.05, 0.1) is 22.5 Å². The summed E-state index contributed by atoms with van der Waals surface area (Å²) in [6.45, 7) is 4.03. The molecule has 7 aromatic rings. The molecule has 4 nitrogen and oxygen atoms in total. The highest BCUT2D eigenvalue weighted by Gasteiger charge is 2.29. The number of rotatable bonds is 10. The third-order valence-corrected chi connectivity index (χ3v) is 10.9. The smallest absolute Gasteiger partial charge is 0.226 e. The Labute approximate surface area is 313 Å². The largest absolute Gasteiger partial charge is 0.310 e. The van der Waals surface area contributed by atoms with Gasteiger partial charge in [-0.05, 0) is 121 Å². The minimum Gasteiger partial charge on any atom is -0.310 e. The van der Waals surface area contributed by atoms with Crippen LogP contribution in [-0.4, -0.2) is 10.2 Å². The number of aryl methyl sites for hydroxylation is 2. The molecule has 254 valence electrons. The number of carbonyl (C=O) groups is 2. The lowest BCUT2D eigenvalue weighted by Crippen LogP contribution is -2.18. The van der Waals surface area contributed by atoms with Gasteiger partial charge in [0.1, 0.15) is 0 Å². The third-order valence-electron chi connectivity index (χ3n) is 8.69. The number of nitrogens with zero attached hydrogens (tertiary/aromatic N) is 2. The van der Waals surface area contributed by atoms with Crippen molar-refractivity contribution in [2.75, 3.05) is 9.80 Å². The molecule has 0 aromatic heterocycles. The van der Waals surface area contributed by atoms with Gasteiger partial charge in [-0.15, -0.1) is 0 Å². The highest BCUT2D eigenvalue weighted by Crippen LogP contribution is 2.46. The lowest BCUT2D eigenvalue weighted by molar-refractivity contribution is 0.107. The molecule has 0 N–H and O–H groups in total. The summed E-state index contributed by atoms with van der Waals surface area (Å²) in [6.07, 6.45) is 0. The van der Waals surface area contributed by atoms with Crippen LogP contribution >= 0.6 is 23.5 Å². The number of thioether (sulfide) groups is 2. The number of anilines is 6. The lowest BCUT2D eigenvalue weighted by atomic mass is 10.0. The van der Waals surface area contributed by atoms with Crippen LogP contribution in [0.5, 0.6) is 0 Å². The van der Waals surface area contributed by atoms with E-state index in [9.17, 15) is 9.59 Å². The molecule has 0 saturated heterocycles. The molecular weight excluding hydrogens is 677 g/mol. The molecule has 0 unspecified atom stereocenters. The van der Waals surface area contributed by atoms with Crippen molar-refractivity contribution in [2.45, 2.75) is 23.6 Å². The van der Waals surface area contributed by atoms with Gasteiger partial charge in [-0.25, -0.2) is 0 Å². The zero-order valence-electron chi connectivity index (χ0n) is 28.8. The Kier molecular flexibility index (Phi) is 10.7. The average Bonchev–Trinajstić information content (AvgIpc) is 3.19. The molecule has 0 aliphatic rings. The van der Waals surface area contributed by atoms with E-state index in [-0.39, 0.29) is 10.2 Å². The molecule has 0 spiro atoms. The van der Waals surface area contributed by atoms with Gasteiger partial charge in [-0.3, -0.25) is 9.59 Å². The van der Waals surface area contributed by atoms with Gasteiger partial charge >= 0.3 is 0 Å². The van der Waals surface area contributed by atoms with Gasteiger partial charge in [-0.2, -0.15) is 0 Å². The molecule has 0 amide bonds. The van der Waals surface area contributed by atoms with Crippen LogP contribution < -0.4 is 9.80 Å². The number of hydrogen-bond donors (Lipinski definition) is 0. The standard InChI is InChI=1S/C46H36N2O2S2/c1-33-19-15-17-29-43(33)51-45(49)39-31-42(48(37-25-11-5-12-26-37)38-27-13-6-14-28-38)40(46(50)52-44-30-18-16-20-34(44)2)32-41(39)47(35-21-7-3-8-22-35)36-23-9-4-10-24-36/h3-32H,1-2H3. The maximum Gasteiger partial charge on any atom is 0.226 e. The lowest BCUT2D eigenvalue weighted by Gasteiger charge is -2.31. The van der Waals surface area contributed by atoms with E-state index in [1.165, 1.54) is 23.5 Å². The molecule has 0 radical (unpaired) electrons. The van der Waals surface area contributed by atoms with Crippen LogP contribution in [0, 0.1) is 13.8 Å². The fraction of sp³-hybridized carbons (Fsp3) is 0.0435. The zero-order chi connectivity index (χ0) is 35.9. The molecule has 0 fully saturated rings. The van der Waals surface area contributed by atoms with Crippen molar-refractivity contribution >= 4 is 67.9 Å². The van der Waals surface area contributed by atoms with Crippen molar-refractivity contribution in [2.24, 2.45) is 0 Å². The predicted molar refractivity (Wildman–Crippen MR) is 219 cm³/mol. The topological polar surface area (TPSA) is 40.6 Å². The van der Waals surface area contributed by atoms with Crippen LogP contribution in [0.4, 0.5) is 34.1 Å². The maximum absolute atomic E-state index is 14.8. The van der Waals surface area contributed by atoms with Crippen LogP contribution in [-0.2, 0) is 0 Å². The van der Waals surface area contributed by atoms with E-state index in [2.05, 4.69) is 9.80 Å². The van der Waals surface area contributed by atoms with Crippen LogP contribution in [0.25, 0.3) is 0 Å². The van der Waals surface area contributed by atoms with Gasteiger partial charge in [0.25, 0.3) is 0 Å². The highest BCUT2D eigenvalue weighted by molar-refractivity contribution is 8.14. The van der Waals surface area contributed by atoms with Gasteiger partial charge in [0, 0.05) is 32.5 Å². The summed E-state index contributed by atoms with van der Waals surface area (Å²) in [7, 11) is 0. The first kappa shape index (κ1) is 34.6. The fourth-order valence-electron chi connectivity index (χ4n) is 6.09.